The Morgan fingerprint density at radius 1 is 0.917 bits per heavy atom. The van der Waals surface area contributed by atoms with Crippen LogP contribution in [0.5, 0.6) is 5.75 Å². The minimum atomic E-state index is 0.643. The Labute approximate surface area is 144 Å². The molecular weight excluding hydrogens is 294 g/mol. The van der Waals surface area contributed by atoms with Crippen molar-refractivity contribution in [3.63, 3.8) is 0 Å². The molecule has 0 aliphatic carbocycles. The highest BCUT2D eigenvalue weighted by Gasteiger charge is 2.06. The van der Waals surface area contributed by atoms with Crippen molar-refractivity contribution < 1.29 is 4.74 Å². The first kappa shape index (κ1) is 16.5. The molecule has 0 aliphatic heterocycles. The molecule has 124 valence electrons. The number of benzene rings is 2. The van der Waals surface area contributed by atoms with Gasteiger partial charge in [-0.15, -0.1) is 0 Å². The third-order valence-corrected chi connectivity index (χ3v) is 4.69. The second-order valence-electron chi connectivity index (χ2n) is 6.29. The molecule has 0 saturated heterocycles. The van der Waals surface area contributed by atoms with E-state index in [9.17, 15) is 0 Å². The van der Waals surface area contributed by atoms with Crippen molar-refractivity contribution in [2.75, 3.05) is 6.61 Å². The van der Waals surface area contributed by atoms with Gasteiger partial charge in [0.05, 0.1) is 12.3 Å². The van der Waals surface area contributed by atoms with E-state index < -0.39 is 0 Å². The van der Waals surface area contributed by atoms with E-state index in [0.717, 1.165) is 24.5 Å². The molecule has 0 spiro atoms. The summed E-state index contributed by atoms with van der Waals surface area (Å²) in [6.45, 7) is 5.24. The Morgan fingerprint density at radius 2 is 1.67 bits per heavy atom. The van der Waals surface area contributed by atoms with Crippen LogP contribution in [0.1, 0.15) is 37.9 Å². The molecule has 2 aromatic carbocycles. The average Bonchev–Trinajstić information content (AvgIpc) is 2.64. The highest BCUT2D eigenvalue weighted by Crippen LogP contribution is 2.21. The number of nitrogens with zero attached hydrogens (tertiary/aromatic N) is 1. The van der Waals surface area contributed by atoms with Gasteiger partial charge in [-0.2, -0.15) is 0 Å². The monoisotopic (exact) mass is 319 g/mol. The van der Waals surface area contributed by atoms with Crippen LogP contribution in [0.15, 0.2) is 60.8 Å². The molecule has 0 aliphatic rings. The predicted octanol–water partition coefficient (Wildman–Crippen LogP) is 5.64. The smallest absolute Gasteiger partial charge is 0.119 e. The molecule has 2 heteroatoms. The zero-order valence-corrected chi connectivity index (χ0v) is 14.5. The van der Waals surface area contributed by atoms with Gasteiger partial charge in [0, 0.05) is 18.0 Å². The molecule has 0 fully saturated rings. The van der Waals surface area contributed by atoms with Crippen molar-refractivity contribution in [3.05, 3.63) is 72.1 Å². The summed E-state index contributed by atoms with van der Waals surface area (Å²) in [5.74, 6) is 1.60. The third kappa shape index (κ3) is 3.94. The lowest BCUT2D eigenvalue weighted by Crippen LogP contribution is -2.10. The highest BCUT2D eigenvalue weighted by atomic mass is 16.5. The molecule has 2 nitrogen and oxygen atoms in total. The van der Waals surface area contributed by atoms with Crippen molar-refractivity contribution in [2.45, 2.75) is 33.1 Å². The standard InChI is InChI=1S/C22H25NO/c1-3-17(4-2)16-24-20-11-9-18(10-12-20)15-22-21-8-6-5-7-19(21)13-14-23-22/h5-14,17H,3-4,15-16H2,1-2H3. The van der Waals surface area contributed by atoms with E-state index in [1.165, 1.54) is 29.2 Å². The molecule has 0 saturated carbocycles. The van der Waals surface area contributed by atoms with Gasteiger partial charge in [0.15, 0.2) is 0 Å². The normalized spacial score (nSPS) is 11.1. The van der Waals surface area contributed by atoms with E-state index in [0.29, 0.717) is 5.92 Å². The van der Waals surface area contributed by atoms with Crippen LogP contribution in [0.25, 0.3) is 10.8 Å². The first-order valence-electron chi connectivity index (χ1n) is 8.84. The third-order valence-electron chi connectivity index (χ3n) is 4.69. The number of ether oxygens (including phenoxy) is 1. The number of aromatic nitrogens is 1. The maximum atomic E-state index is 5.91. The van der Waals surface area contributed by atoms with Gasteiger partial charge in [0.1, 0.15) is 5.75 Å². The SMILES string of the molecule is CCC(CC)COc1ccc(Cc2nccc3ccccc23)cc1. The van der Waals surface area contributed by atoms with Crippen LogP contribution in [0.2, 0.25) is 0 Å². The number of rotatable bonds is 7. The molecule has 3 aromatic rings. The Balaban J connectivity index is 1.70. The van der Waals surface area contributed by atoms with Gasteiger partial charge in [0.25, 0.3) is 0 Å². The summed E-state index contributed by atoms with van der Waals surface area (Å²) in [5.41, 5.74) is 2.38. The summed E-state index contributed by atoms with van der Waals surface area (Å²) in [6.07, 6.45) is 5.07. The Hall–Kier alpha value is -2.35. The van der Waals surface area contributed by atoms with Crippen molar-refractivity contribution in [2.24, 2.45) is 5.92 Å². The molecule has 24 heavy (non-hydrogen) atoms. The van der Waals surface area contributed by atoms with E-state index in [-0.39, 0.29) is 0 Å². The van der Waals surface area contributed by atoms with Crippen LogP contribution in [-0.4, -0.2) is 11.6 Å². The summed E-state index contributed by atoms with van der Waals surface area (Å²) in [7, 11) is 0. The van der Waals surface area contributed by atoms with Crippen molar-refractivity contribution in [3.8, 4) is 5.75 Å². The Kier molecular flexibility index (Phi) is 5.47. The van der Waals surface area contributed by atoms with Crippen molar-refractivity contribution in [1.82, 2.24) is 4.98 Å². The fourth-order valence-electron chi connectivity index (χ4n) is 2.96. The molecule has 0 N–H and O–H groups in total. The first-order valence-corrected chi connectivity index (χ1v) is 8.84. The second kappa shape index (κ2) is 7.96. The van der Waals surface area contributed by atoms with E-state index in [2.05, 4.69) is 73.4 Å². The summed E-state index contributed by atoms with van der Waals surface area (Å²) < 4.78 is 5.91. The maximum Gasteiger partial charge on any atom is 0.119 e. The molecule has 0 amide bonds. The zero-order valence-electron chi connectivity index (χ0n) is 14.5. The van der Waals surface area contributed by atoms with Crippen LogP contribution in [0, 0.1) is 5.92 Å². The van der Waals surface area contributed by atoms with Crippen molar-refractivity contribution in [1.29, 1.82) is 0 Å². The number of pyridine rings is 1. The van der Waals surface area contributed by atoms with E-state index in [1.54, 1.807) is 0 Å². The zero-order chi connectivity index (χ0) is 16.8. The fraction of sp³-hybridized carbons (Fsp3) is 0.318. The van der Waals surface area contributed by atoms with Gasteiger partial charge in [-0.3, -0.25) is 4.98 Å². The van der Waals surface area contributed by atoms with Gasteiger partial charge < -0.3 is 4.74 Å². The topological polar surface area (TPSA) is 22.1 Å². The minimum absolute atomic E-state index is 0.643. The number of hydrogen-bond donors (Lipinski definition) is 0. The van der Waals surface area contributed by atoms with Crippen LogP contribution in [0.4, 0.5) is 0 Å². The van der Waals surface area contributed by atoms with E-state index in [1.807, 2.05) is 6.20 Å². The Morgan fingerprint density at radius 3 is 2.42 bits per heavy atom. The van der Waals surface area contributed by atoms with Crippen LogP contribution in [-0.2, 0) is 6.42 Å². The number of hydrogen-bond acceptors (Lipinski definition) is 2. The molecule has 0 bridgehead atoms. The summed E-state index contributed by atoms with van der Waals surface area (Å²) in [4.78, 5) is 4.58. The van der Waals surface area contributed by atoms with Crippen molar-refractivity contribution >= 4 is 10.8 Å². The molecular formula is C22H25NO. The van der Waals surface area contributed by atoms with Gasteiger partial charge in [0.2, 0.25) is 0 Å². The fourth-order valence-corrected chi connectivity index (χ4v) is 2.96. The second-order valence-corrected chi connectivity index (χ2v) is 6.29. The molecule has 1 aromatic heterocycles. The van der Waals surface area contributed by atoms with E-state index >= 15 is 0 Å². The van der Waals surface area contributed by atoms with E-state index in [4.69, 9.17) is 4.74 Å². The molecule has 0 atom stereocenters. The summed E-state index contributed by atoms with van der Waals surface area (Å²) in [6, 6.07) is 18.9. The lowest BCUT2D eigenvalue weighted by atomic mass is 10.0. The Bertz CT molecular complexity index is 770. The van der Waals surface area contributed by atoms with Crippen LogP contribution < -0.4 is 4.74 Å². The lowest BCUT2D eigenvalue weighted by Gasteiger charge is -2.14. The van der Waals surface area contributed by atoms with Gasteiger partial charge in [-0.05, 0) is 35.1 Å². The van der Waals surface area contributed by atoms with Crippen LogP contribution in [0.3, 0.4) is 0 Å². The minimum Gasteiger partial charge on any atom is -0.493 e. The summed E-state index contributed by atoms with van der Waals surface area (Å²) in [5, 5.41) is 2.47. The van der Waals surface area contributed by atoms with Gasteiger partial charge in [-0.1, -0.05) is 63.1 Å². The quantitative estimate of drug-likeness (QED) is 0.562. The lowest BCUT2D eigenvalue weighted by molar-refractivity contribution is 0.240. The van der Waals surface area contributed by atoms with Gasteiger partial charge in [-0.25, -0.2) is 0 Å². The molecule has 3 rings (SSSR count). The largest absolute Gasteiger partial charge is 0.493 e. The van der Waals surface area contributed by atoms with Crippen LogP contribution >= 0.6 is 0 Å². The average molecular weight is 319 g/mol. The number of fused-ring (bicyclic) bond motifs is 1. The highest BCUT2D eigenvalue weighted by molar-refractivity contribution is 5.84. The van der Waals surface area contributed by atoms with Gasteiger partial charge >= 0.3 is 0 Å². The molecule has 1 heterocycles. The molecule has 0 unspecified atom stereocenters. The molecule has 0 radical (unpaired) electrons. The summed E-state index contributed by atoms with van der Waals surface area (Å²) >= 11 is 0. The maximum absolute atomic E-state index is 5.91. The first-order chi connectivity index (χ1) is 11.8. The predicted molar refractivity (Wildman–Crippen MR) is 101 cm³/mol.